The number of aromatic nitrogens is 2. The lowest BCUT2D eigenvalue weighted by Gasteiger charge is -2.09. The molecule has 100 valence electrons. The quantitative estimate of drug-likeness (QED) is 0.716. The largest absolute Gasteiger partial charge is 0.497 e. The van der Waals surface area contributed by atoms with Gasteiger partial charge in [0.05, 0.1) is 23.9 Å². The molecule has 0 saturated carbocycles. The summed E-state index contributed by atoms with van der Waals surface area (Å²) in [5, 5.41) is 5.96. The molecule has 0 unspecified atom stereocenters. The molecule has 4 nitrogen and oxygen atoms in total. The van der Waals surface area contributed by atoms with Crippen molar-refractivity contribution < 1.29 is 4.74 Å². The van der Waals surface area contributed by atoms with Gasteiger partial charge in [-0.15, -0.1) is 0 Å². The van der Waals surface area contributed by atoms with Gasteiger partial charge in [0.2, 0.25) is 0 Å². The zero-order chi connectivity index (χ0) is 14.1. The summed E-state index contributed by atoms with van der Waals surface area (Å²) in [4.78, 5) is 12.5. The van der Waals surface area contributed by atoms with Gasteiger partial charge in [0, 0.05) is 5.39 Å². The molecule has 20 heavy (non-hydrogen) atoms. The Morgan fingerprint density at radius 2 is 1.65 bits per heavy atom. The van der Waals surface area contributed by atoms with Gasteiger partial charge >= 0.3 is 0 Å². The van der Waals surface area contributed by atoms with Crippen molar-refractivity contribution in [3.8, 4) is 11.4 Å². The SMILES string of the molecule is COc1ccc(-n2nc(C)c3ccccc3c2=O)cc1. The summed E-state index contributed by atoms with van der Waals surface area (Å²) in [6.45, 7) is 1.90. The predicted molar refractivity (Wildman–Crippen MR) is 78.6 cm³/mol. The molecule has 2 aromatic carbocycles. The van der Waals surface area contributed by atoms with Crippen molar-refractivity contribution in [2.24, 2.45) is 0 Å². The Balaban J connectivity index is 2.25. The first-order valence-corrected chi connectivity index (χ1v) is 6.34. The Morgan fingerprint density at radius 3 is 2.30 bits per heavy atom. The molecule has 4 heteroatoms. The van der Waals surface area contributed by atoms with Crippen LogP contribution < -0.4 is 10.3 Å². The highest BCUT2D eigenvalue weighted by Crippen LogP contribution is 2.16. The average molecular weight is 266 g/mol. The maximum Gasteiger partial charge on any atom is 0.279 e. The molecular weight excluding hydrogens is 252 g/mol. The molecule has 3 rings (SSSR count). The van der Waals surface area contributed by atoms with Gasteiger partial charge in [-0.05, 0) is 37.3 Å². The van der Waals surface area contributed by atoms with Crippen LogP contribution in [0, 0.1) is 6.92 Å². The molecule has 0 aliphatic heterocycles. The van der Waals surface area contributed by atoms with E-state index >= 15 is 0 Å². The van der Waals surface area contributed by atoms with Crippen LogP contribution >= 0.6 is 0 Å². The lowest BCUT2D eigenvalue weighted by molar-refractivity contribution is 0.414. The van der Waals surface area contributed by atoms with E-state index in [4.69, 9.17) is 4.74 Å². The molecule has 0 atom stereocenters. The molecule has 0 aliphatic carbocycles. The highest BCUT2D eigenvalue weighted by atomic mass is 16.5. The van der Waals surface area contributed by atoms with E-state index in [2.05, 4.69) is 5.10 Å². The number of fused-ring (bicyclic) bond motifs is 1. The topological polar surface area (TPSA) is 44.1 Å². The molecule has 1 heterocycles. The summed E-state index contributed by atoms with van der Waals surface area (Å²) in [5.41, 5.74) is 1.44. The van der Waals surface area contributed by atoms with Crippen LogP contribution in [0.1, 0.15) is 5.69 Å². The number of nitrogens with zero attached hydrogens (tertiary/aromatic N) is 2. The number of rotatable bonds is 2. The maximum absolute atomic E-state index is 12.5. The Morgan fingerprint density at radius 1 is 1.00 bits per heavy atom. The van der Waals surface area contributed by atoms with Crippen molar-refractivity contribution >= 4 is 10.8 Å². The van der Waals surface area contributed by atoms with E-state index in [1.165, 1.54) is 4.68 Å². The van der Waals surface area contributed by atoms with Crippen LogP contribution in [-0.2, 0) is 0 Å². The smallest absolute Gasteiger partial charge is 0.279 e. The first kappa shape index (κ1) is 12.4. The molecule has 3 aromatic rings. The molecular formula is C16H14N2O2. The number of ether oxygens (including phenoxy) is 1. The average Bonchev–Trinajstić information content (AvgIpc) is 2.51. The number of hydrogen-bond acceptors (Lipinski definition) is 3. The molecule has 0 amide bonds. The maximum atomic E-state index is 12.5. The molecule has 1 aromatic heterocycles. The van der Waals surface area contributed by atoms with Gasteiger partial charge in [-0.3, -0.25) is 4.79 Å². The summed E-state index contributed by atoms with van der Waals surface area (Å²) in [6, 6.07) is 14.8. The van der Waals surface area contributed by atoms with Gasteiger partial charge in [0.25, 0.3) is 5.56 Å². The first-order valence-electron chi connectivity index (χ1n) is 6.34. The van der Waals surface area contributed by atoms with E-state index in [1.807, 2.05) is 55.5 Å². The zero-order valence-corrected chi connectivity index (χ0v) is 11.3. The van der Waals surface area contributed by atoms with Crippen molar-refractivity contribution in [2.45, 2.75) is 6.92 Å². The Labute approximate surface area is 116 Å². The van der Waals surface area contributed by atoms with Gasteiger partial charge in [0.1, 0.15) is 5.75 Å². The second-order valence-corrected chi connectivity index (χ2v) is 4.55. The zero-order valence-electron chi connectivity index (χ0n) is 11.3. The van der Waals surface area contributed by atoms with Gasteiger partial charge in [-0.2, -0.15) is 9.78 Å². The monoisotopic (exact) mass is 266 g/mol. The van der Waals surface area contributed by atoms with Crippen molar-refractivity contribution in [1.29, 1.82) is 0 Å². The highest BCUT2D eigenvalue weighted by Gasteiger charge is 2.08. The van der Waals surface area contributed by atoms with Gasteiger partial charge < -0.3 is 4.74 Å². The van der Waals surface area contributed by atoms with Crippen molar-refractivity contribution in [1.82, 2.24) is 9.78 Å². The summed E-state index contributed by atoms with van der Waals surface area (Å²) in [7, 11) is 1.61. The minimum Gasteiger partial charge on any atom is -0.497 e. The van der Waals surface area contributed by atoms with E-state index in [9.17, 15) is 4.79 Å². The highest BCUT2D eigenvalue weighted by molar-refractivity contribution is 5.83. The van der Waals surface area contributed by atoms with E-state index in [1.54, 1.807) is 7.11 Å². The van der Waals surface area contributed by atoms with Gasteiger partial charge in [0.15, 0.2) is 0 Å². The van der Waals surface area contributed by atoms with Gasteiger partial charge in [-0.1, -0.05) is 18.2 Å². The number of methoxy groups -OCH3 is 1. The molecule has 0 aliphatic rings. The Hall–Kier alpha value is -2.62. The van der Waals surface area contributed by atoms with Crippen LogP contribution in [0.15, 0.2) is 53.3 Å². The molecule has 0 spiro atoms. The molecule has 0 bridgehead atoms. The van der Waals surface area contributed by atoms with E-state index in [-0.39, 0.29) is 5.56 Å². The second kappa shape index (κ2) is 4.81. The summed E-state index contributed by atoms with van der Waals surface area (Å²) in [6.07, 6.45) is 0. The fourth-order valence-corrected chi connectivity index (χ4v) is 2.25. The molecule has 0 N–H and O–H groups in total. The van der Waals surface area contributed by atoms with E-state index in [0.29, 0.717) is 5.39 Å². The third-order valence-electron chi connectivity index (χ3n) is 3.31. The third kappa shape index (κ3) is 1.95. The van der Waals surface area contributed by atoms with Crippen LogP contribution in [0.4, 0.5) is 0 Å². The fraction of sp³-hybridized carbons (Fsp3) is 0.125. The van der Waals surface area contributed by atoms with Crippen molar-refractivity contribution in [3.05, 3.63) is 64.6 Å². The lowest BCUT2D eigenvalue weighted by atomic mass is 10.1. The fourth-order valence-electron chi connectivity index (χ4n) is 2.25. The predicted octanol–water partition coefficient (Wildman–Crippen LogP) is 2.70. The standard InChI is InChI=1S/C16H14N2O2/c1-11-14-5-3-4-6-15(14)16(19)18(17-11)12-7-9-13(20-2)10-8-12/h3-10H,1-2H3. The van der Waals surface area contributed by atoms with Crippen molar-refractivity contribution in [2.75, 3.05) is 7.11 Å². The Kier molecular flexibility index (Phi) is 2.99. The minimum absolute atomic E-state index is 0.114. The molecule has 0 radical (unpaired) electrons. The molecule has 0 saturated heterocycles. The molecule has 0 fully saturated rings. The summed E-state index contributed by atoms with van der Waals surface area (Å²) >= 11 is 0. The first-order chi connectivity index (χ1) is 9.70. The van der Waals surface area contributed by atoms with Crippen LogP contribution in [0.2, 0.25) is 0 Å². The number of benzene rings is 2. The number of hydrogen-bond donors (Lipinski definition) is 0. The van der Waals surface area contributed by atoms with Crippen LogP contribution in [0.5, 0.6) is 5.75 Å². The summed E-state index contributed by atoms with van der Waals surface area (Å²) < 4.78 is 6.55. The number of aryl methyl sites for hydroxylation is 1. The lowest BCUT2D eigenvalue weighted by Crippen LogP contribution is -2.22. The normalized spacial score (nSPS) is 10.7. The second-order valence-electron chi connectivity index (χ2n) is 4.55. The van der Waals surface area contributed by atoms with Crippen LogP contribution in [0.25, 0.3) is 16.5 Å². The van der Waals surface area contributed by atoms with Crippen LogP contribution in [0.3, 0.4) is 0 Å². The van der Waals surface area contributed by atoms with Crippen LogP contribution in [-0.4, -0.2) is 16.9 Å². The minimum atomic E-state index is -0.114. The third-order valence-corrected chi connectivity index (χ3v) is 3.31. The van der Waals surface area contributed by atoms with Crippen molar-refractivity contribution in [3.63, 3.8) is 0 Å². The van der Waals surface area contributed by atoms with E-state index < -0.39 is 0 Å². The van der Waals surface area contributed by atoms with E-state index in [0.717, 1.165) is 22.5 Å². The Bertz CT molecular complexity index is 820. The van der Waals surface area contributed by atoms with Gasteiger partial charge in [-0.25, -0.2) is 0 Å². The summed E-state index contributed by atoms with van der Waals surface area (Å²) in [5.74, 6) is 0.749.